The zero-order valence-corrected chi connectivity index (χ0v) is 13.1. The van der Waals surface area contributed by atoms with Crippen LogP contribution in [0.5, 0.6) is 0 Å². The fraction of sp³-hybridized carbons (Fsp3) is 0.150. The highest BCUT2D eigenvalue weighted by atomic mass is 16.3. The number of benzene rings is 2. The van der Waals surface area contributed by atoms with E-state index >= 15 is 0 Å². The van der Waals surface area contributed by atoms with Crippen LogP contribution in [0.15, 0.2) is 77.4 Å². The molecule has 2 aromatic carbocycles. The van der Waals surface area contributed by atoms with Crippen LogP contribution in [0.25, 0.3) is 0 Å². The Morgan fingerprint density at radius 2 is 1.71 bits per heavy atom. The highest BCUT2D eigenvalue weighted by Gasteiger charge is 2.48. The molecular weight excluding hydrogens is 302 g/mol. The molecule has 4 rings (SSSR count). The molecule has 0 spiro atoms. The number of nitrogens with zero attached hydrogens (tertiary/aromatic N) is 1. The van der Waals surface area contributed by atoms with Gasteiger partial charge in [0.15, 0.2) is 5.72 Å². The molecule has 4 nitrogen and oxygen atoms in total. The van der Waals surface area contributed by atoms with E-state index in [2.05, 4.69) is 0 Å². The Kier molecular flexibility index (Phi) is 3.47. The monoisotopic (exact) mass is 319 g/mol. The van der Waals surface area contributed by atoms with Gasteiger partial charge in [-0.15, -0.1) is 0 Å². The summed E-state index contributed by atoms with van der Waals surface area (Å²) in [5, 5.41) is 11.5. The van der Waals surface area contributed by atoms with Crippen molar-refractivity contribution < 1.29 is 14.3 Å². The number of aliphatic hydroxyl groups is 1. The molecule has 1 aliphatic rings. The van der Waals surface area contributed by atoms with Crippen molar-refractivity contribution in [2.75, 3.05) is 0 Å². The summed E-state index contributed by atoms with van der Waals surface area (Å²) in [6, 6.07) is 20.5. The third-order valence-corrected chi connectivity index (χ3v) is 4.47. The minimum atomic E-state index is -1.39. The third-order valence-electron chi connectivity index (χ3n) is 4.47. The summed E-state index contributed by atoms with van der Waals surface area (Å²) in [5.74, 6) is 0.461. The van der Waals surface area contributed by atoms with Crippen LogP contribution < -0.4 is 0 Å². The SMILES string of the molecule is O=C1c2ccccc2[C@](O)(Cc2ccccc2)N1Cc1ccco1. The van der Waals surface area contributed by atoms with Crippen LogP contribution in [-0.2, 0) is 18.7 Å². The van der Waals surface area contributed by atoms with Crippen LogP contribution in [0.3, 0.4) is 0 Å². The number of carbonyl (C=O) groups is 1. The molecule has 0 radical (unpaired) electrons. The predicted molar refractivity (Wildman–Crippen MR) is 89.1 cm³/mol. The van der Waals surface area contributed by atoms with E-state index in [-0.39, 0.29) is 12.5 Å². The molecule has 0 saturated heterocycles. The van der Waals surface area contributed by atoms with E-state index in [0.29, 0.717) is 23.3 Å². The van der Waals surface area contributed by atoms with Gasteiger partial charge >= 0.3 is 0 Å². The molecule has 1 aliphatic heterocycles. The quantitative estimate of drug-likeness (QED) is 0.802. The van der Waals surface area contributed by atoms with Gasteiger partial charge in [-0.05, 0) is 23.8 Å². The van der Waals surface area contributed by atoms with Crippen molar-refractivity contribution in [1.82, 2.24) is 4.90 Å². The maximum absolute atomic E-state index is 12.9. The minimum absolute atomic E-state index is 0.180. The van der Waals surface area contributed by atoms with Crippen molar-refractivity contribution in [3.8, 4) is 0 Å². The van der Waals surface area contributed by atoms with Gasteiger partial charge in [0, 0.05) is 17.5 Å². The van der Waals surface area contributed by atoms with Gasteiger partial charge in [0.1, 0.15) is 5.76 Å². The summed E-state index contributed by atoms with van der Waals surface area (Å²) in [7, 11) is 0. The minimum Gasteiger partial charge on any atom is -0.467 e. The maximum atomic E-state index is 12.9. The predicted octanol–water partition coefficient (Wildman–Crippen LogP) is 3.32. The number of rotatable bonds is 4. The number of amides is 1. The Balaban J connectivity index is 1.78. The van der Waals surface area contributed by atoms with Crippen LogP contribution in [0.2, 0.25) is 0 Å². The van der Waals surface area contributed by atoms with Crippen LogP contribution in [0.1, 0.15) is 27.2 Å². The highest BCUT2D eigenvalue weighted by molar-refractivity contribution is 5.99. The summed E-state index contributed by atoms with van der Waals surface area (Å²) in [6.45, 7) is 0.226. The largest absolute Gasteiger partial charge is 0.467 e. The molecule has 1 atom stereocenters. The van der Waals surface area contributed by atoms with Gasteiger partial charge in [0.05, 0.1) is 12.8 Å². The van der Waals surface area contributed by atoms with Gasteiger partial charge < -0.3 is 9.52 Å². The van der Waals surface area contributed by atoms with Crippen LogP contribution in [-0.4, -0.2) is 15.9 Å². The Hall–Kier alpha value is -2.85. The normalized spacial score (nSPS) is 19.5. The molecule has 0 aliphatic carbocycles. The van der Waals surface area contributed by atoms with Crippen molar-refractivity contribution >= 4 is 5.91 Å². The highest BCUT2D eigenvalue weighted by Crippen LogP contribution is 2.40. The zero-order valence-electron chi connectivity index (χ0n) is 13.1. The summed E-state index contributed by atoms with van der Waals surface area (Å²) in [6.07, 6.45) is 1.90. The first kappa shape index (κ1) is 14.7. The molecule has 1 N–H and O–H groups in total. The van der Waals surface area contributed by atoms with Gasteiger partial charge in [-0.25, -0.2) is 0 Å². The second-order valence-corrected chi connectivity index (χ2v) is 6.00. The molecule has 4 heteroatoms. The van der Waals surface area contributed by atoms with E-state index in [1.54, 1.807) is 24.5 Å². The van der Waals surface area contributed by atoms with Gasteiger partial charge in [0.2, 0.25) is 0 Å². The average molecular weight is 319 g/mol. The lowest BCUT2D eigenvalue weighted by atomic mass is 9.94. The Labute approximate surface area is 140 Å². The van der Waals surface area contributed by atoms with Crippen molar-refractivity contribution in [3.05, 3.63) is 95.4 Å². The third kappa shape index (κ3) is 2.32. The van der Waals surface area contributed by atoms with E-state index in [1.165, 1.54) is 4.90 Å². The van der Waals surface area contributed by atoms with Crippen molar-refractivity contribution in [2.45, 2.75) is 18.7 Å². The van der Waals surface area contributed by atoms with Gasteiger partial charge in [-0.1, -0.05) is 48.5 Å². The maximum Gasteiger partial charge on any atom is 0.257 e. The van der Waals surface area contributed by atoms with Crippen molar-refractivity contribution in [2.24, 2.45) is 0 Å². The van der Waals surface area contributed by atoms with Crippen molar-refractivity contribution in [3.63, 3.8) is 0 Å². The summed E-state index contributed by atoms with van der Waals surface area (Å²) in [5.41, 5.74) is 0.767. The second-order valence-electron chi connectivity index (χ2n) is 6.00. The van der Waals surface area contributed by atoms with Gasteiger partial charge in [0.25, 0.3) is 5.91 Å². The van der Waals surface area contributed by atoms with Gasteiger partial charge in [-0.2, -0.15) is 0 Å². The molecule has 120 valence electrons. The summed E-state index contributed by atoms with van der Waals surface area (Å²) in [4.78, 5) is 14.3. The van der Waals surface area contributed by atoms with Gasteiger partial charge in [-0.3, -0.25) is 9.69 Å². The van der Waals surface area contributed by atoms with Crippen LogP contribution in [0.4, 0.5) is 0 Å². The number of hydrogen-bond acceptors (Lipinski definition) is 3. The molecule has 0 saturated carbocycles. The molecule has 24 heavy (non-hydrogen) atoms. The first-order valence-electron chi connectivity index (χ1n) is 7.89. The fourth-order valence-electron chi connectivity index (χ4n) is 3.31. The molecule has 1 aromatic heterocycles. The zero-order chi connectivity index (χ0) is 16.6. The molecule has 0 unspecified atom stereocenters. The van der Waals surface area contributed by atoms with Crippen LogP contribution in [0, 0.1) is 0 Å². The van der Waals surface area contributed by atoms with Crippen LogP contribution >= 0.6 is 0 Å². The Bertz CT molecular complexity index is 858. The lowest BCUT2D eigenvalue weighted by molar-refractivity contribution is -0.0899. The van der Waals surface area contributed by atoms with E-state index in [1.807, 2.05) is 48.5 Å². The lowest BCUT2D eigenvalue weighted by Crippen LogP contribution is -2.44. The molecule has 0 bridgehead atoms. The first-order chi connectivity index (χ1) is 11.7. The van der Waals surface area contributed by atoms with E-state index < -0.39 is 5.72 Å². The van der Waals surface area contributed by atoms with E-state index in [9.17, 15) is 9.90 Å². The topological polar surface area (TPSA) is 53.7 Å². The lowest BCUT2D eigenvalue weighted by Gasteiger charge is -2.34. The number of hydrogen-bond donors (Lipinski definition) is 1. The van der Waals surface area contributed by atoms with Crippen molar-refractivity contribution in [1.29, 1.82) is 0 Å². The van der Waals surface area contributed by atoms with E-state index in [0.717, 1.165) is 5.56 Å². The number of furan rings is 1. The number of fused-ring (bicyclic) bond motifs is 1. The summed E-state index contributed by atoms with van der Waals surface area (Å²) >= 11 is 0. The molecular formula is C20H17NO3. The van der Waals surface area contributed by atoms with E-state index in [4.69, 9.17) is 4.42 Å². The molecule has 1 amide bonds. The summed E-state index contributed by atoms with van der Waals surface area (Å²) < 4.78 is 5.38. The standard InChI is InChI=1S/C20H17NO3/c22-19-17-10-4-5-11-18(17)20(23,13-15-7-2-1-3-8-15)21(19)14-16-9-6-12-24-16/h1-12,23H,13-14H2/t20-/m1/s1. The Morgan fingerprint density at radius 1 is 0.958 bits per heavy atom. The number of carbonyl (C=O) groups excluding carboxylic acids is 1. The first-order valence-corrected chi connectivity index (χ1v) is 7.89. The fourth-order valence-corrected chi connectivity index (χ4v) is 3.31. The second kappa shape index (κ2) is 5.65. The Morgan fingerprint density at radius 3 is 2.46 bits per heavy atom. The average Bonchev–Trinajstić information content (AvgIpc) is 3.19. The smallest absolute Gasteiger partial charge is 0.257 e. The molecule has 0 fully saturated rings. The molecule has 2 heterocycles. The molecule has 3 aromatic rings.